The summed E-state index contributed by atoms with van der Waals surface area (Å²) in [4.78, 5) is 25.7. The van der Waals surface area contributed by atoms with E-state index in [2.05, 4.69) is 5.32 Å². The van der Waals surface area contributed by atoms with Gasteiger partial charge in [-0.05, 0) is 25.7 Å². The predicted octanol–water partition coefficient (Wildman–Crippen LogP) is 1.16. The fourth-order valence-corrected chi connectivity index (χ4v) is 2.30. The Morgan fingerprint density at radius 1 is 1.24 bits per heavy atom. The van der Waals surface area contributed by atoms with Gasteiger partial charge in [0.1, 0.15) is 0 Å². The standard InChI is InChI=1S/C13H22N2O2/c1-9(2)13(17)15-7-3-4-10(8-15)12(16)14-11-5-6-11/h9-11H,3-8H2,1-2H3,(H,14,16). The van der Waals surface area contributed by atoms with Crippen molar-refractivity contribution < 1.29 is 9.59 Å². The minimum atomic E-state index is 0.00653. The molecule has 0 aromatic carbocycles. The van der Waals surface area contributed by atoms with Crippen molar-refractivity contribution in [2.75, 3.05) is 13.1 Å². The smallest absolute Gasteiger partial charge is 0.225 e. The van der Waals surface area contributed by atoms with Crippen LogP contribution in [0.1, 0.15) is 39.5 Å². The molecule has 2 aliphatic rings. The zero-order valence-electron chi connectivity index (χ0n) is 10.7. The summed E-state index contributed by atoms with van der Waals surface area (Å²) < 4.78 is 0. The van der Waals surface area contributed by atoms with Gasteiger partial charge in [0.15, 0.2) is 0 Å². The van der Waals surface area contributed by atoms with E-state index in [-0.39, 0.29) is 23.7 Å². The molecule has 0 aromatic rings. The van der Waals surface area contributed by atoms with Gasteiger partial charge < -0.3 is 10.2 Å². The lowest BCUT2D eigenvalue weighted by atomic mass is 9.96. The lowest BCUT2D eigenvalue weighted by Gasteiger charge is -2.33. The zero-order valence-corrected chi connectivity index (χ0v) is 10.7. The molecule has 96 valence electrons. The summed E-state index contributed by atoms with van der Waals surface area (Å²) in [5.41, 5.74) is 0. The van der Waals surface area contributed by atoms with Gasteiger partial charge >= 0.3 is 0 Å². The molecule has 1 heterocycles. The summed E-state index contributed by atoms with van der Waals surface area (Å²) in [6, 6.07) is 0.415. The highest BCUT2D eigenvalue weighted by Crippen LogP contribution is 2.22. The average Bonchev–Trinajstić information content (AvgIpc) is 3.12. The normalized spacial score (nSPS) is 24.9. The van der Waals surface area contributed by atoms with Crippen molar-refractivity contribution in [1.82, 2.24) is 10.2 Å². The van der Waals surface area contributed by atoms with Crippen molar-refractivity contribution in [3.8, 4) is 0 Å². The Balaban J connectivity index is 1.87. The lowest BCUT2D eigenvalue weighted by Crippen LogP contribution is -2.47. The first-order valence-corrected chi connectivity index (χ1v) is 6.67. The van der Waals surface area contributed by atoms with Crippen molar-refractivity contribution >= 4 is 11.8 Å². The highest BCUT2D eigenvalue weighted by Gasteiger charge is 2.32. The number of nitrogens with one attached hydrogen (secondary N) is 1. The van der Waals surface area contributed by atoms with Crippen LogP contribution in [-0.2, 0) is 9.59 Å². The minimum absolute atomic E-state index is 0.00653. The van der Waals surface area contributed by atoms with Gasteiger partial charge in [-0.2, -0.15) is 0 Å². The van der Waals surface area contributed by atoms with Crippen LogP contribution in [0.2, 0.25) is 0 Å². The van der Waals surface area contributed by atoms with Gasteiger partial charge in [-0.1, -0.05) is 13.8 Å². The number of hydrogen-bond acceptors (Lipinski definition) is 2. The van der Waals surface area contributed by atoms with Crippen LogP contribution in [0, 0.1) is 11.8 Å². The van der Waals surface area contributed by atoms with E-state index in [1.54, 1.807) is 0 Å². The molecule has 17 heavy (non-hydrogen) atoms. The Labute approximate surface area is 103 Å². The monoisotopic (exact) mass is 238 g/mol. The van der Waals surface area contributed by atoms with Crippen LogP contribution in [0.4, 0.5) is 0 Å². The van der Waals surface area contributed by atoms with Gasteiger partial charge in [-0.15, -0.1) is 0 Å². The molecule has 4 nitrogen and oxygen atoms in total. The summed E-state index contributed by atoms with van der Waals surface area (Å²) in [6.07, 6.45) is 4.10. The molecule has 1 saturated heterocycles. The highest BCUT2D eigenvalue weighted by atomic mass is 16.2. The third kappa shape index (κ3) is 3.20. The average molecular weight is 238 g/mol. The quantitative estimate of drug-likeness (QED) is 0.802. The largest absolute Gasteiger partial charge is 0.353 e. The molecule has 1 N–H and O–H groups in total. The van der Waals surface area contributed by atoms with E-state index >= 15 is 0 Å². The summed E-state index contributed by atoms with van der Waals surface area (Å²) in [5.74, 6) is 0.356. The van der Waals surface area contributed by atoms with E-state index in [1.807, 2.05) is 18.7 Å². The van der Waals surface area contributed by atoms with E-state index in [0.717, 1.165) is 32.2 Å². The maximum Gasteiger partial charge on any atom is 0.225 e. The van der Waals surface area contributed by atoms with Gasteiger partial charge in [-0.25, -0.2) is 0 Å². The highest BCUT2D eigenvalue weighted by molar-refractivity contribution is 5.82. The molecule has 1 saturated carbocycles. The second kappa shape index (κ2) is 5.07. The first-order chi connectivity index (χ1) is 8.08. The molecule has 2 rings (SSSR count). The van der Waals surface area contributed by atoms with Crippen molar-refractivity contribution in [3.63, 3.8) is 0 Å². The Hall–Kier alpha value is -1.06. The van der Waals surface area contributed by atoms with Gasteiger partial charge in [-0.3, -0.25) is 9.59 Å². The van der Waals surface area contributed by atoms with Crippen LogP contribution in [0.15, 0.2) is 0 Å². The number of hydrogen-bond donors (Lipinski definition) is 1. The van der Waals surface area contributed by atoms with E-state index < -0.39 is 0 Å². The van der Waals surface area contributed by atoms with Crippen LogP contribution < -0.4 is 5.32 Å². The molecule has 2 amide bonds. The first kappa shape index (κ1) is 12.4. The maximum atomic E-state index is 11.9. The van der Waals surface area contributed by atoms with Gasteiger partial charge in [0.2, 0.25) is 11.8 Å². The Morgan fingerprint density at radius 2 is 1.94 bits per heavy atom. The van der Waals surface area contributed by atoms with E-state index in [1.165, 1.54) is 0 Å². The Kier molecular flexibility index (Phi) is 3.69. The molecule has 0 radical (unpaired) electrons. The predicted molar refractivity (Wildman–Crippen MR) is 65.3 cm³/mol. The lowest BCUT2D eigenvalue weighted by molar-refractivity contribution is -0.138. The molecule has 4 heteroatoms. The first-order valence-electron chi connectivity index (χ1n) is 6.67. The number of amides is 2. The van der Waals surface area contributed by atoms with Crippen LogP contribution in [-0.4, -0.2) is 35.8 Å². The van der Waals surface area contributed by atoms with Crippen LogP contribution in [0.25, 0.3) is 0 Å². The molecule has 0 bridgehead atoms. The zero-order chi connectivity index (χ0) is 12.4. The van der Waals surface area contributed by atoms with Crippen LogP contribution >= 0.6 is 0 Å². The molecular weight excluding hydrogens is 216 g/mol. The molecule has 2 fully saturated rings. The minimum Gasteiger partial charge on any atom is -0.353 e. The van der Waals surface area contributed by atoms with Gasteiger partial charge in [0, 0.05) is 25.0 Å². The SMILES string of the molecule is CC(C)C(=O)N1CCCC(C(=O)NC2CC2)C1. The van der Waals surface area contributed by atoms with Gasteiger partial charge in [0.25, 0.3) is 0 Å². The molecule has 1 unspecified atom stereocenters. The molecule has 1 aliphatic heterocycles. The summed E-state index contributed by atoms with van der Waals surface area (Å²) in [7, 11) is 0. The topological polar surface area (TPSA) is 49.4 Å². The maximum absolute atomic E-state index is 11.9. The van der Waals surface area contributed by atoms with Crippen molar-refractivity contribution in [2.45, 2.75) is 45.6 Å². The number of nitrogens with zero attached hydrogens (tertiary/aromatic N) is 1. The van der Waals surface area contributed by atoms with Crippen LogP contribution in [0.3, 0.4) is 0 Å². The van der Waals surface area contributed by atoms with Crippen LogP contribution in [0.5, 0.6) is 0 Å². The van der Waals surface area contributed by atoms with E-state index in [4.69, 9.17) is 0 Å². The Bertz CT molecular complexity index is 311. The third-order valence-corrected chi connectivity index (χ3v) is 3.52. The third-order valence-electron chi connectivity index (χ3n) is 3.52. The fraction of sp³-hybridized carbons (Fsp3) is 0.846. The number of carbonyl (C=O) groups excluding carboxylic acids is 2. The number of likely N-dealkylation sites (tertiary alicyclic amines) is 1. The number of carbonyl (C=O) groups is 2. The van der Waals surface area contributed by atoms with Crippen molar-refractivity contribution in [1.29, 1.82) is 0 Å². The van der Waals surface area contributed by atoms with Crippen molar-refractivity contribution in [2.24, 2.45) is 11.8 Å². The second-order valence-electron chi connectivity index (χ2n) is 5.56. The molecular formula is C13H22N2O2. The van der Waals surface area contributed by atoms with Gasteiger partial charge in [0.05, 0.1) is 5.92 Å². The fourth-order valence-electron chi connectivity index (χ4n) is 2.30. The summed E-state index contributed by atoms with van der Waals surface area (Å²) in [5, 5.41) is 3.04. The van der Waals surface area contributed by atoms with E-state index in [0.29, 0.717) is 12.6 Å². The second-order valence-corrected chi connectivity index (χ2v) is 5.56. The molecule has 0 aromatic heterocycles. The van der Waals surface area contributed by atoms with E-state index in [9.17, 15) is 9.59 Å². The molecule has 1 aliphatic carbocycles. The number of rotatable bonds is 3. The molecule has 1 atom stereocenters. The molecule has 0 spiro atoms. The summed E-state index contributed by atoms with van der Waals surface area (Å²) >= 11 is 0. The summed E-state index contributed by atoms with van der Waals surface area (Å²) in [6.45, 7) is 5.24. The van der Waals surface area contributed by atoms with Crippen molar-refractivity contribution in [3.05, 3.63) is 0 Å². The number of piperidine rings is 1. The Morgan fingerprint density at radius 3 is 2.53 bits per heavy atom.